The number of ether oxygens (including phenoxy) is 1. The molecule has 0 spiro atoms. The largest absolute Gasteiger partial charge is 0.465 e. The standard InChI is InChI=1S/C14H11N3O3/c18-14(8-7-11-4-3-9-19-11)20-10-17-13-6-2-1-5-12(13)15-16-17/h1-9H,10H2/b8-7+. The summed E-state index contributed by atoms with van der Waals surface area (Å²) in [7, 11) is 0. The zero-order valence-electron chi connectivity index (χ0n) is 10.5. The van der Waals surface area contributed by atoms with Crippen LogP contribution in [0.1, 0.15) is 5.76 Å². The lowest BCUT2D eigenvalue weighted by atomic mass is 10.3. The van der Waals surface area contributed by atoms with Gasteiger partial charge in [0.2, 0.25) is 0 Å². The lowest BCUT2D eigenvalue weighted by Gasteiger charge is -2.02. The molecule has 6 nitrogen and oxygen atoms in total. The SMILES string of the molecule is O=C(/C=C/c1ccco1)OCn1nnc2ccccc21. The van der Waals surface area contributed by atoms with Crippen LogP contribution < -0.4 is 0 Å². The Morgan fingerprint density at radius 1 is 1.30 bits per heavy atom. The fraction of sp³-hybridized carbons (Fsp3) is 0.0714. The number of aromatic nitrogens is 3. The van der Waals surface area contributed by atoms with Gasteiger partial charge in [0.05, 0.1) is 11.8 Å². The van der Waals surface area contributed by atoms with Gasteiger partial charge in [0.25, 0.3) is 0 Å². The molecule has 0 fully saturated rings. The number of hydrogen-bond donors (Lipinski definition) is 0. The number of furan rings is 1. The molecular weight excluding hydrogens is 258 g/mol. The van der Waals surface area contributed by atoms with Gasteiger partial charge in [-0.05, 0) is 30.3 Å². The molecule has 0 aliphatic carbocycles. The van der Waals surface area contributed by atoms with Crippen LogP contribution in [0.5, 0.6) is 0 Å². The molecule has 6 heteroatoms. The van der Waals surface area contributed by atoms with Gasteiger partial charge in [0.1, 0.15) is 11.3 Å². The molecule has 0 aliphatic heterocycles. The van der Waals surface area contributed by atoms with E-state index in [1.807, 2.05) is 24.3 Å². The van der Waals surface area contributed by atoms with Gasteiger partial charge in [-0.2, -0.15) is 0 Å². The molecule has 0 radical (unpaired) electrons. The highest BCUT2D eigenvalue weighted by Crippen LogP contribution is 2.09. The molecular formula is C14H11N3O3. The lowest BCUT2D eigenvalue weighted by Crippen LogP contribution is -2.08. The number of nitrogens with zero attached hydrogens (tertiary/aromatic N) is 3. The van der Waals surface area contributed by atoms with Crippen LogP contribution in [-0.2, 0) is 16.3 Å². The van der Waals surface area contributed by atoms with Crippen molar-refractivity contribution in [2.75, 3.05) is 0 Å². The number of hydrogen-bond acceptors (Lipinski definition) is 5. The van der Waals surface area contributed by atoms with Crippen LogP contribution in [0.4, 0.5) is 0 Å². The maximum atomic E-state index is 11.6. The summed E-state index contributed by atoms with van der Waals surface area (Å²) in [4.78, 5) is 11.6. The van der Waals surface area contributed by atoms with Gasteiger partial charge < -0.3 is 9.15 Å². The van der Waals surface area contributed by atoms with Crippen LogP contribution in [0, 0.1) is 0 Å². The van der Waals surface area contributed by atoms with E-state index in [1.54, 1.807) is 18.2 Å². The average molecular weight is 269 g/mol. The highest BCUT2D eigenvalue weighted by atomic mass is 16.5. The number of benzene rings is 1. The normalized spacial score (nSPS) is 11.2. The summed E-state index contributed by atoms with van der Waals surface area (Å²) in [6.07, 6.45) is 4.38. The second kappa shape index (κ2) is 5.40. The van der Waals surface area contributed by atoms with Crippen molar-refractivity contribution < 1.29 is 13.9 Å². The van der Waals surface area contributed by atoms with E-state index in [0.29, 0.717) is 5.76 Å². The molecule has 1 aromatic carbocycles. The van der Waals surface area contributed by atoms with Crippen molar-refractivity contribution in [1.29, 1.82) is 0 Å². The van der Waals surface area contributed by atoms with Gasteiger partial charge in [0, 0.05) is 6.08 Å². The number of esters is 1. The van der Waals surface area contributed by atoms with Gasteiger partial charge in [0.15, 0.2) is 6.73 Å². The van der Waals surface area contributed by atoms with E-state index < -0.39 is 5.97 Å². The predicted molar refractivity (Wildman–Crippen MR) is 71.4 cm³/mol. The Bertz CT molecular complexity index is 744. The summed E-state index contributed by atoms with van der Waals surface area (Å²) in [5, 5.41) is 7.90. The topological polar surface area (TPSA) is 70.2 Å². The van der Waals surface area contributed by atoms with Crippen molar-refractivity contribution >= 4 is 23.1 Å². The fourth-order valence-corrected chi connectivity index (χ4v) is 1.72. The van der Waals surface area contributed by atoms with Gasteiger partial charge in [-0.3, -0.25) is 0 Å². The molecule has 100 valence electrons. The Kier molecular flexibility index (Phi) is 3.28. The Morgan fingerprint density at radius 3 is 3.05 bits per heavy atom. The zero-order chi connectivity index (χ0) is 13.8. The number of carbonyl (C=O) groups is 1. The van der Waals surface area contributed by atoms with E-state index in [0.717, 1.165) is 11.0 Å². The molecule has 3 rings (SSSR count). The van der Waals surface area contributed by atoms with Crippen molar-refractivity contribution in [1.82, 2.24) is 15.0 Å². The number of fused-ring (bicyclic) bond motifs is 1. The lowest BCUT2D eigenvalue weighted by molar-refractivity contribution is -0.141. The molecule has 0 atom stereocenters. The molecule has 2 aromatic heterocycles. The monoisotopic (exact) mass is 269 g/mol. The number of para-hydroxylation sites is 1. The minimum absolute atomic E-state index is 0.0157. The van der Waals surface area contributed by atoms with E-state index in [4.69, 9.17) is 9.15 Å². The maximum Gasteiger partial charge on any atom is 0.332 e. The molecule has 3 aromatic rings. The first kappa shape index (κ1) is 12.2. The molecule has 2 heterocycles. The fourth-order valence-electron chi connectivity index (χ4n) is 1.72. The summed E-state index contributed by atoms with van der Waals surface area (Å²) >= 11 is 0. The molecule has 0 N–H and O–H groups in total. The van der Waals surface area contributed by atoms with E-state index in [-0.39, 0.29) is 6.73 Å². The molecule has 20 heavy (non-hydrogen) atoms. The summed E-state index contributed by atoms with van der Waals surface area (Å²) in [6.45, 7) is 0.0157. The zero-order valence-corrected chi connectivity index (χ0v) is 10.5. The van der Waals surface area contributed by atoms with Crippen molar-refractivity contribution in [3.8, 4) is 0 Å². The van der Waals surface area contributed by atoms with Gasteiger partial charge in [-0.15, -0.1) is 5.10 Å². The van der Waals surface area contributed by atoms with Gasteiger partial charge in [-0.1, -0.05) is 17.3 Å². The van der Waals surface area contributed by atoms with Gasteiger partial charge in [-0.25, -0.2) is 9.48 Å². The maximum absolute atomic E-state index is 11.6. The van der Waals surface area contributed by atoms with Crippen LogP contribution in [0.2, 0.25) is 0 Å². The van der Waals surface area contributed by atoms with E-state index in [9.17, 15) is 4.79 Å². The smallest absolute Gasteiger partial charge is 0.332 e. The van der Waals surface area contributed by atoms with Crippen LogP contribution in [0.25, 0.3) is 17.1 Å². The Hall–Kier alpha value is -2.89. The molecule has 0 amide bonds. The minimum atomic E-state index is -0.471. The number of carbonyl (C=O) groups excluding carboxylic acids is 1. The highest BCUT2D eigenvalue weighted by Gasteiger charge is 2.05. The Labute approximate surface area is 114 Å². The second-order valence-electron chi connectivity index (χ2n) is 4.02. The van der Waals surface area contributed by atoms with Crippen molar-refractivity contribution in [2.45, 2.75) is 6.73 Å². The predicted octanol–water partition coefficient (Wildman–Crippen LogP) is 2.24. The quantitative estimate of drug-likeness (QED) is 0.536. The van der Waals surface area contributed by atoms with Crippen LogP contribution in [-0.4, -0.2) is 21.0 Å². The number of rotatable bonds is 4. The molecule has 0 bridgehead atoms. The average Bonchev–Trinajstić information content (AvgIpc) is 3.12. The molecule has 0 aliphatic rings. The molecule has 0 saturated carbocycles. The Morgan fingerprint density at radius 2 is 2.20 bits per heavy atom. The Balaban J connectivity index is 1.63. The highest BCUT2D eigenvalue weighted by molar-refractivity contribution is 5.86. The third-order valence-electron chi connectivity index (χ3n) is 2.68. The first-order valence-corrected chi connectivity index (χ1v) is 5.99. The summed E-state index contributed by atoms with van der Waals surface area (Å²) in [6, 6.07) is 10.9. The van der Waals surface area contributed by atoms with Gasteiger partial charge >= 0.3 is 5.97 Å². The van der Waals surface area contributed by atoms with Crippen molar-refractivity contribution in [2.24, 2.45) is 0 Å². The minimum Gasteiger partial charge on any atom is -0.465 e. The molecule has 0 saturated heterocycles. The van der Waals surface area contributed by atoms with E-state index in [1.165, 1.54) is 17.0 Å². The van der Waals surface area contributed by atoms with Crippen LogP contribution in [0.15, 0.2) is 53.2 Å². The first-order chi connectivity index (χ1) is 9.83. The summed E-state index contributed by atoms with van der Waals surface area (Å²) < 4.78 is 11.7. The van der Waals surface area contributed by atoms with Crippen LogP contribution in [0.3, 0.4) is 0 Å². The first-order valence-electron chi connectivity index (χ1n) is 5.99. The van der Waals surface area contributed by atoms with E-state index in [2.05, 4.69) is 10.3 Å². The van der Waals surface area contributed by atoms with Crippen LogP contribution >= 0.6 is 0 Å². The van der Waals surface area contributed by atoms with E-state index >= 15 is 0 Å². The second-order valence-corrected chi connectivity index (χ2v) is 4.02. The summed E-state index contributed by atoms with van der Waals surface area (Å²) in [5.74, 6) is 0.120. The third-order valence-corrected chi connectivity index (χ3v) is 2.68. The molecule has 0 unspecified atom stereocenters. The summed E-state index contributed by atoms with van der Waals surface area (Å²) in [5.41, 5.74) is 1.57. The van der Waals surface area contributed by atoms with Crippen molar-refractivity contribution in [3.63, 3.8) is 0 Å². The third kappa shape index (κ3) is 2.59. The van der Waals surface area contributed by atoms with Crippen molar-refractivity contribution in [3.05, 3.63) is 54.5 Å².